The Morgan fingerprint density at radius 1 is 0.273 bits per heavy atom. The van der Waals surface area contributed by atoms with Gasteiger partial charge < -0.3 is 9.47 Å². The minimum Gasteiger partial charge on any atom is -0.309 e. The van der Waals surface area contributed by atoms with Crippen LogP contribution in [0.1, 0.15) is 0 Å². The van der Waals surface area contributed by atoms with Gasteiger partial charge in [0, 0.05) is 33.3 Å². The molecule has 1 heterocycles. The van der Waals surface area contributed by atoms with Crippen LogP contribution >= 0.6 is 0 Å². The fourth-order valence-electron chi connectivity index (χ4n) is 9.95. The number of aromatic nitrogens is 1. The van der Waals surface area contributed by atoms with E-state index in [9.17, 15) is 0 Å². The first kappa shape index (κ1) is 38.9. The van der Waals surface area contributed by atoms with E-state index in [1.807, 2.05) is 0 Å². The van der Waals surface area contributed by atoms with E-state index in [4.69, 9.17) is 0 Å². The van der Waals surface area contributed by atoms with Crippen molar-refractivity contribution in [2.24, 2.45) is 0 Å². The fraction of sp³-hybridized carbons (Fsp3) is 0. The van der Waals surface area contributed by atoms with Crippen molar-refractivity contribution in [2.75, 3.05) is 4.90 Å². The third kappa shape index (κ3) is 6.93. The maximum atomic E-state index is 2.48. The first-order valence-electron chi connectivity index (χ1n) is 22.7. The lowest BCUT2D eigenvalue weighted by Crippen LogP contribution is -2.12. The minimum atomic E-state index is 1.07. The van der Waals surface area contributed by atoms with Crippen molar-refractivity contribution >= 4 is 49.6 Å². The zero-order valence-corrected chi connectivity index (χ0v) is 36.3. The minimum absolute atomic E-state index is 1.07. The Kier molecular flexibility index (Phi) is 9.89. The molecule has 2 nitrogen and oxygen atoms in total. The Labute approximate surface area is 385 Å². The molecule has 0 aliphatic heterocycles. The Bertz CT molecular complexity index is 3680. The van der Waals surface area contributed by atoms with Crippen molar-refractivity contribution in [3.05, 3.63) is 267 Å². The Morgan fingerprint density at radius 3 is 1.52 bits per heavy atom. The number of benzene rings is 11. The third-order valence-corrected chi connectivity index (χ3v) is 13.0. The van der Waals surface area contributed by atoms with Crippen molar-refractivity contribution in [3.8, 4) is 61.3 Å². The average Bonchev–Trinajstić information content (AvgIpc) is 3.73. The van der Waals surface area contributed by atoms with Crippen molar-refractivity contribution in [3.63, 3.8) is 0 Å². The molecule has 66 heavy (non-hydrogen) atoms. The van der Waals surface area contributed by atoms with Crippen LogP contribution in [0, 0.1) is 0 Å². The first-order valence-corrected chi connectivity index (χ1v) is 22.7. The van der Waals surface area contributed by atoms with Gasteiger partial charge in [-0.25, -0.2) is 0 Å². The number of rotatable bonds is 9. The van der Waals surface area contributed by atoms with Gasteiger partial charge in [0.15, 0.2) is 0 Å². The number of fused-ring (bicyclic) bond motifs is 4. The van der Waals surface area contributed by atoms with Crippen LogP contribution in [0.3, 0.4) is 0 Å². The van der Waals surface area contributed by atoms with Gasteiger partial charge in [-0.3, -0.25) is 0 Å². The number of hydrogen-bond donors (Lipinski definition) is 0. The summed E-state index contributed by atoms with van der Waals surface area (Å²) in [6.07, 6.45) is 0. The first-order chi connectivity index (χ1) is 32.8. The number of hydrogen-bond acceptors (Lipinski definition) is 1. The van der Waals surface area contributed by atoms with Crippen LogP contribution in [0.15, 0.2) is 267 Å². The molecule has 0 amide bonds. The number of anilines is 3. The van der Waals surface area contributed by atoms with Gasteiger partial charge in [0.1, 0.15) is 0 Å². The highest BCUT2D eigenvalue weighted by Gasteiger charge is 2.23. The quantitative estimate of drug-likeness (QED) is 0.141. The van der Waals surface area contributed by atoms with E-state index >= 15 is 0 Å². The zero-order valence-electron chi connectivity index (χ0n) is 36.3. The van der Waals surface area contributed by atoms with Crippen LogP contribution < -0.4 is 4.90 Å². The summed E-state index contributed by atoms with van der Waals surface area (Å²) in [5, 5.41) is 4.91. The van der Waals surface area contributed by atoms with Gasteiger partial charge in [-0.1, -0.05) is 212 Å². The van der Waals surface area contributed by atoms with Crippen LogP contribution in [0.4, 0.5) is 17.1 Å². The molecule has 0 bridgehead atoms. The molecular formula is C64H44N2. The maximum Gasteiger partial charge on any atom is 0.0541 e. The van der Waals surface area contributed by atoms with Gasteiger partial charge in [-0.05, 0) is 110 Å². The molecule has 0 aliphatic carbocycles. The summed E-state index contributed by atoms with van der Waals surface area (Å²) in [4.78, 5) is 2.48. The lowest BCUT2D eigenvalue weighted by molar-refractivity contribution is 1.18. The normalized spacial score (nSPS) is 11.3. The lowest BCUT2D eigenvalue weighted by Gasteiger charge is -2.30. The van der Waals surface area contributed by atoms with Crippen molar-refractivity contribution in [2.45, 2.75) is 0 Å². The Balaban J connectivity index is 1.06. The molecule has 0 fully saturated rings. The van der Waals surface area contributed by atoms with Crippen LogP contribution in [0.25, 0.3) is 93.9 Å². The summed E-state index contributed by atoms with van der Waals surface area (Å²) in [6.45, 7) is 0. The van der Waals surface area contributed by atoms with Gasteiger partial charge in [0.05, 0.1) is 22.4 Å². The van der Waals surface area contributed by atoms with Crippen molar-refractivity contribution < 1.29 is 0 Å². The fourth-order valence-corrected chi connectivity index (χ4v) is 9.95. The van der Waals surface area contributed by atoms with E-state index in [-0.39, 0.29) is 0 Å². The lowest BCUT2D eigenvalue weighted by atomic mass is 9.90. The van der Waals surface area contributed by atoms with Crippen molar-refractivity contribution in [1.29, 1.82) is 0 Å². The summed E-state index contributed by atoms with van der Waals surface area (Å²) >= 11 is 0. The standard InChI is InChI=1S/C64H44N2/c1-4-19-45(20-5-1)46-37-39-48(40-38-46)54-29-10-13-34-60(54)66(61-35-14-11-30-56(61)58-33-18-24-49-23-17-32-55(64(49)58)47-21-6-2-7-22-47)53-28-16-25-50(43-53)51-41-42-63-59(44-51)57-31-12-15-36-62(57)65(63)52-26-8-3-9-27-52/h1-44H. The summed E-state index contributed by atoms with van der Waals surface area (Å²) in [6, 6.07) is 97.0. The maximum absolute atomic E-state index is 2.48. The van der Waals surface area contributed by atoms with Crippen LogP contribution in [0.2, 0.25) is 0 Å². The molecule has 1 aromatic heterocycles. The monoisotopic (exact) mass is 840 g/mol. The summed E-state index contributed by atoms with van der Waals surface area (Å²) in [5.41, 5.74) is 18.6. The zero-order chi connectivity index (χ0) is 43.8. The highest BCUT2D eigenvalue weighted by Crippen LogP contribution is 2.48. The van der Waals surface area contributed by atoms with Gasteiger partial charge in [-0.15, -0.1) is 0 Å². The molecule has 0 N–H and O–H groups in total. The molecule has 0 spiro atoms. The molecule has 12 aromatic rings. The summed E-state index contributed by atoms with van der Waals surface area (Å²) in [5.74, 6) is 0. The second-order valence-electron chi connectivity index (χ2n) is 16.9. The third-order valence-electron chi connectivity index (χ3n) is 13.0. The molecule has 0 saturated carbocycles. The number of nitrogens with zero attached hydrogens (tertiary/aromatic N) is 2. The average molecular weight is 841 g/mol. The second kappa shape index (κ2) is 16.8. The summed E-state index contributed by atoms with van der Waals surface area (Å²) < 4.78 is 2.38. The topological polar surface area (TPSA) is 8.17 Å². The highest BCUT2D eigenvalue weighted by molar-refractivity contribution is 6.11. The Hall–Kier alpha value is -8.72. The Morgan fingerprint density at radius 2 is 0.758 bits per heavy atom. The van der Waals surface area contributed by atoms with E-state index in [2.05, 4.69) is 276 Å². The molecule has 0 atom stereocenters. The second-order valence-corrected chi connectivity index (χ2v) is 16.9. The van der Waals surface area contributed by atoms with Gasteiger partial charge in [0.25, 0.3) is 0 Å². The SMILES string of the molecule is c1ccc(-c2ccc(-c3ccccc3N(c3cccc(-c4ccc5c(c4)c4ccccc4n5-c4ccccc4)c3)c3ccccc3-c3cccc4cccc(-c5ccccc5)c34)cc2)cc1. The van der Waals surface area contributed by atoms with Crippen LogP contribution in [0.5, 0.6) is 0 Å². The van der Waals surface area contributed by atoms with Crippen molar-refractivity contribution in [1.82, 2.24) is 4.57 Å². The molecule has 310 valence electrons. The molecule has 12 rings (SSSR count). The molecule has 0 radical (unpaired) electrons. The van der Waals surface area contributed by atoms with E-state index in [1.54, 1.807) is 0 Å². The van der Waals surface area contributed by atoms with Gasteiger partial charge >= 0.3 is 0 Å². The largest absolute Gasteiger partial charge is 0.309 e. The summed E-state index contributed by atoms with van der Waals surface area (Å²) in [7, 11) is 0. The van der Waals surface area contributed by atoms with E-state index in [0.29, 0.717) is 0 Å². The molecule has 0 unspecified atom stereocenters. The molecule has 0 saturated heterocycles. The van der Waals surface area contributed by atoms with E-state index < -0.39 is 0 Å². The number of para-hydroxylation sites is 4. The van der Waals surface area contributed by atoms with Crippen LogP contribution in [-0.2, 0) is 0 Å². The molecule has 11 aromatic carbocycles. The van der Waals surface area contributed by atoms with Crippen LogP contribution in [-0.4, -0.2) is 4.57 Å². The predicted octanol–water partition coefficient (Wildman–Crippen LogP) is 17.7. The molecule has 0 aliphatic rings. The van der Waals surface area contributed by atoms with Gasteiger partial charge in [-0.2, -0.15) is 0 Å². The predicted molar refractivity (Wildman–Crippen MR) is 280 cm³/mol. The van der Waals surface area contributed by atoms with E-state index in [1.165, 1.54) is 66.0 Å². The van der Waals surface area contributed by atoms with E-state index in [0.717, 1.165) is 45.0 Å². The highest BCUT2D eigenvalue weighted by atomic mass is 15.1. The smallest absolute Gasteiger partial charge is 0.0541 e. The molecule has 2 heteroatoms. The van der Waals surface area contributed by atoms with Gasteiger partial charge in [0.2, 0.25) is 0 Å². The molecular weight excluding hydrogens is 797 g/mol.